The summed E-state index contributed by atoms with van der Waals surface area (Å²) >= 11 is 0. The Morgan fingerprint density at radius 1 is 1.12 bits per heavy atom. The summed E-state index contributed by atoms with van der Waals surface area (Å²) in [6, 6.07) is 4.85. The van der Waals surface area contributed by atoms with Gasteiger partial charge in [-0.15, -0.1) is 0 Å². The number of imidazole rings is 1. The van der Waals surface area contributed by atoms with Crippen LogP contribution >= 0.6 is 0 Å². The standard InChI is InChI=1S/C18H23N9O4S/c19-10-4-2-1-3-9(10)17(28)26-32(29,30)6-5-11-12(20)13(21)18(31-11)27-8-25-14-15(22)23-7-24-16(14)27/h1-4,7-8,11-13,18H,5-6,19-21H2,(H,26,28)(H2,22,23,24)/t11-,12-,13-,18-/m1/s1. The highest BCUT2D eigenvalue weighted by Gasteiger charge is 2.42. The highest BCUT2D eigenvalue weighted by Crippen LogP contribution is 2.31. The van der Waals surface area contributed by atoms with Gasteiger partial charge in [0.05, 0.1) is 35.8 Å². The van der Waals surface area contributed by atoms with Crippen molar-refractivity contribution in [2.24, 2.45) is 11.5 Å². The number of hydrogen-bond donors (Lipinski definition) is 5. The van der Waals surface area contributed by atoms with Crippen molar-refractivity contribution in [3.05, 3.63) is 42.5 Å². The van der Waals surface area contributed by atoms with E-state index in [0.29, 0.717) is 11.2 Å². The number of sulfonamides is 1. The molecule has 13 nitrogen and oxygen atoms in total. The number of ether oxygens (including phenoxy) is 1. The van der Waals surface area contributed by atoms with E-state index in [-0.39, 0.29) is 23.5 Å². The van der Waals surface area contributed by atoms with Gasteiger partial charge < -0.3 is 27.7 Å². The highest BCUT2D eigenvalue weighted by atomic mass is 32.2. The van der Waals surface area contributed by atoms with E-state index in [1.165, 1.54) is 24.8 Å². The summed E-state index contributed by atoms with van der Waals surface area (Å²) in [6.07, 6.45) is 1.37. The first-order chi connectivity index (χ1) is 15.2. The zero-order valence-corrected chi connectivity index (χ0v) is 17.6. The first-order valence-corrected chi connectivity index (χ1v) is 11.3. The van der Waals surface area contributed by atoms with Crippen LogP contribution in [0.1, 0.15) is 23.0 Å². The summed E-state index contributed by atoms with van der Waals surface area (Å²) in [5.41, 5.74) is 25.0. The number of nitrogen functional groups attached to an aromatic ring is 2. The molecule has 0 spiro atoms. The predicted octanol–water partition coefficient (Wildman–Crippen LogP) is -1.31. The van der Waals surface area contributed by atoms with E-state index in [9.17, 15) is 13.2 Å². The molecule has 170 valence electrons. The lowest BCUT2D eigenvalue weighted by Crippen LogP contribution is -2.46. The van der Waals surface area contributed by atoms with E-state index in [1.807, 2.05) is 4.72 Å². The van der Waals surface area contributed by atoms with Crippen LogP contribution in [-0.2, 0) is 14.8 Å². The topological polar surface area (TPSA) is 220 Å². The zero-order valence-electron chi connectivity index (χ0n) is 16.8. The number of amides is 1. The molecule has 3 aromatic rings. The van der Waals surface area contributed by atoms with Crippen LogP contribution in [0.3, 0.4) is 0 Å². The summed E-state index contributed by atoms with van der Waals surface area (Å²) in [7, 11) is -3.97. The maximum absolute atomic E-state index is 12.4. The van der Waals surface area contributed by atoms with Crippen LogP contribution in [0.5, 0.6) is 0 Å². The van der Waals surface area contributed by atoms with Crippen LogP contribution < -0.4 is 27.7 Å². The lowest BCUT2D eigenvalue weighted by Gasteiger charge is -2.17. The van der Waals surface area contributed by atoms with E-state index in [4.69, 9.17) is 27.7 Å². The van der Waals surface area contributed by atoms with Crippen LogP contribution in [0.4, 0.5) is 11.5 Å². The second kappa shape index (κ2) is 8.31. The number of nitrogens with two attached hydrogens (primary N) is 4. The van der Waals surface area contributed by atoms with Gasteiger partial charge in [0, 0.05) is 5.69 Å². The number of hydrogen-bond acceptors (Lipinski definition) is 11. The average molecular weight is 462 g/mol. The maximum atomic E-state index is 12.4. The summed E-state index contributed by atoms with van der Waals surface area (Å²) in [5, 5.41) is 0. The molecular weight excluding hydrogens is 438 g/mol. The number of nitrogens with one attached hydrogen (secondary N) is 1. The summed E-state index contributed by atoms with van der Waals surface area (Å²) < 4.78 is 34.5. The third-order valence-corrected chi connectivity index (χ3v) is 6.57. The Bertz CT molecular complexity index is 1260. The van der Waals surface area contributed by atoms with Gasteiger partial charge in [-0.25, -0.2) is 28.1 Å². The Morgan fingerprint density at radius 3 is 2.62 bits per heavy atom. The van der Waals surface area contributed by atoms with E-state index in [1.54, 1.807) is 16.7 Å². The largest absolute Gasteiger partial charge is 0.398 e. The van der Waals surface area contributed by atoms with Crippen molar-refractivity contribution in [1.82, 2.24) is 24.2 Å². The van der Waals surface area contributed by atoms with Gasteiger partial charge in [0.15, 0.2) is 17.7 Å². The van der Waals surface area contributed by atoms with Crippen LogP contribution in [0.2, 0.25) is 0 Å². The normalized spacial score (nSPS) is 23.4. The first kappa shape index (κ1) is 21.9. The molecule has 0 radical (unpaired) electrons. The summed E-state index contributed by atoms with van der Waals surface area (Å²) in [5.74, 6) is -0.998. The second-order valence-corrected chi connectivity index (χ2v) is 9.27. The van der Waals surface area contributed by atoms with E-state index in [2.05, 4.69) is 15.0 Å². The van der Waals surface area contributed by atoms with Crippen molar-refractivity contribution in [1.29, 1.82) is 0 Å². The Kier molecular flexibility index (Phi) is 5.68. The molecule has 32 heavy (non-hydrogen) atoms. The summed E-state index contributed by atoms with van der Waals surface area (Å²) in [6.45, 7) is 0. The molecule has 4 rings (SSSR count). The molecule has 1 saturated heterocycles. The van der Waals surface area contributed by atoms with Gasteiger partial charge in [-0.1, -0.05) is 12.1 Å². The smallest absolute Gasteiger partial charge is 0.266 e. The third-order valence-electron chi connectivity index (χ3n) is 5.30. The molecule has 0 unspecified atom stereocenters. The number of para-hydroxylation sites is 1. The number of rotatable bonds is 6. The Hall–Kier alpha value is -3.33. The molecule has 2 aromatic heterocycles. The van der Waals surface area contributed by atoms with Crippen molar-refractivity contribution in [3.63, 3.8) is 0 Å². The minimum Gasteiger partial charge on any atom is -0.398 e. The van der Waals surface area contributed by atoms with Crippen molar-refractivity contribution >= 4 is 38.6 Å². The molecule has 1 amide bonds. The Labute approximate surface area is 183 Å². The molecule has 3 heterocycles. The summed E-state index contributed by atoms with van der Waals surface area (Å²) in [4.78, 5) is 24.5. The van der Waals surface area contributed by atoms with Crippen molar-refractivity contribution in [2.45, 2.75) is 30.8 Å². The van der Waals surface area contributed by atoms with Gasteiger partial charge in [-0.05, 0) is 18.6 Å². The molecule has 1 aliphatic heterocycles. The average Bonchev–Trinajstić information content (AvgIpc) is 3.29. The quantitative estimate of drug-likeness (QED) is 0.271. The van der Waals surface area contributed by atoms with Gasteiger partial charge in [0.25, 0.3) is 5.91 Å². The van der Waals surface area contributed by atoms with Crippen LogP contribution in [0, 0.1) is 0 Å². The van der Waals surface area contributed by atoms with E-state index < -0.39 is 46.1 Å². The lowest BCUT2D eigenvalue weighted by molar-refractivity contribution is -0.00304. The van der Waals surface area contributed by atoms with Crippen LogP contribution in [0.25, 0.3) is 11.2 Å². The van der Waals surface area contributed by atoms with E-state index >= 15 is 0 Å². The number of benzene rings is 1. The lowest BCUT2D eigenvalue weighted by atomic mass is 10.0. The Morgan fingerprint density at radius 2 is 1.88 bits per heavy atom. The van der Waals surface area contributed by atoms with Gasteiger partial charge in [0.2, 0.25) is 10.0 Å². The number of carbonyl (C=O) groups is 1. The number of anilines is 2. The minimum absolute atomic E-state index is 0.0159. The molecule has 14 heteroatoms. The number of fused-ring (bicyclic) bond motifs is 1. The third kappa shape index (κ3) is 4.08. The van der Waals surface area contributed by atoms with Crippen molar-refractivity contribution in [3.8, 4) is 0 Å². The van der Waals surface area contributed by atoms with Crippen LogP contribution in [0.15, 0.2) is 36.9 Å². The van der Waals surface area contributed by atoms with Gasteiger partial charge >= 0.3 is 0 Å². The monoisotopic (exact) mass is 461 g/mol. The fourth-order valence-corrected chi connectivity index (χ4v) is 4.63. The minimum atomic E-state index is -3.97. The fourth-order valence-electron chi connectivity index (χ4n) is 3.59. The molecule has 9 N–H and O–H groups in total. The van der Waals surface area contributed by atoms with E-state index in [0.717, 1.165) is 0 Å². The van der Waals surface area contributed by atoms with Gasteiger partial charge in [-0.3, -0.25) is 9.36 Å². The molecular formula is C18H23N9O4S. The van der Waals surface area contributed by atoms with Crippen LogP contribution in [-0.4, -0.2) is 57.8 Å². The first-order valence-electron chi connectivity index (χ1n) is 9.67. The molecule has 0 saturated carbocycles. The second-order valence-electron chi connectivity index (χ2n) is 7.43. The van der Waals surface area contributed by atoms with Gasteiger partial charge in [0.1, 0.15) is 11.8 Å². The highest BCUT2D eigenvalue weighted by molar-refractivity contribution is 7.90. The number of aromatic nitrogens is 4. The molecule has 0 bridgehead atoms. The van der Waals surface area contributed by atoms with Crippen molar-refractivity contribution in [2.75, 3.05) is 17.2 Å². The number of carbonyl (C=O) groups excluding carboxylic acids is 1. The molecule has 0 aliphatic carbocycles. The van der Waals surface area contributed by atoms with Gasteiger partial charge in [-0.2, -0.15) is 0 Å². The maximum Gasteiger partial charge on any atom is 0.266 e. The molecule has 1 fully saturated rings. The Balaban J connectivity index is 1.44. The number of nitrogens with zero attached hydrogens (tertiary/aromatic N) is 4. The predicted molar refractivity (Wildman–Crippen MR) is 116 cm³/mol. The zero-order chi connectivity index (χ0) is 23.0. The molecule has 1 aliphatic rings. The fraction of sp³-hybridized carbons (Fsp3) is 0.333. The molecule has 1 aromatic carbocycles. The van der Waals surface area contributed by atoms with Crippen molar-refractivity contribution < 1.29 is 17.9 Å². The molecule has 4 atom stereocenters. The SMILES string of the molecule is Nc1ccccc1C(=O)NS(=O)(=O)CC[C@H]1O[C@@H](n2cnc3c(N)ncnc32)[C@H](N)[C@@H]1N.